The highest BCUT2D eigenvalue weighted by atomic mass is 79.9. The zero-order valence-electron chi connectivity index (χ0n) is 19.0. The number of carbonyl (C=O) groups is 3. The number of nitrogens with zero attached hydrogens (tertiary/aromatic N) is 2. The number of benzene rings is 2. The van der Waals surface area contributed by atoms with Crippen LogP contribution in [0.2, 0.25) is 0 Å². The van der Waals surface area contributed by atoms with Gasteiger partial charge in [-0.3, -0.25) is 14.4 Å². The second kappa shape index (κ2) is 9.74. The molecule has 2 aromatic carbocycles. The quantitative estimate of drug-likeness (QED) is 0.452. The third kappa shape index (κ3) is 4.41. The fraction of sp³-hybridized carbons (Fsp3) is 0.370. The van der Waals surface area contributed by atoms with Gasteiger partial charge >= 0.3 is 0 Å². The first-order valence-corrected chi connectivity index (χ1v) is 12.8. The Bertz CT molecular complexity index is 1210. The Hall–Kier alpha value is -2.93. The van der Waals surface area contributed by atoms with E-state index >= 15 is 0 Å². The number of para-hydroxylation sites is 1. The van der Waals surface area contributed by atoms with Crippen molar-refractivity contribution in [3.8, 4) is 0 Å². The average Bonchev–Trinajstić information content (AvgIpc) is 3.40. The van der Waals surface area contributed by atoms with Crippen LogP contribution in [0.25, 0.3) is 10.9 Å². The molecule has 1 atom stereocenters. The number of carbonyl (C=O) groups excluding carboxylic acids is 3. The molecule has 1 aliphatic carbocycles. The fourth-order valence-corrected chi connectivity index (χ4v) is 5.57. The van der Waals surface area contributed by atoms with Crippen molar-refractivity contribution in [2.24, 2.45) is 5.92 Å². The van der Waals surface area contributed by atoms with Gasteiger partial charge in [-0.25, -0.2) is 4.90 Å². The number of imide groups is 1. The van der Waals surface area contributed by atoms with Gasteiger partial charge in [-0.05, 0) is 55.2 Å². The second-order valence-corrected chi connectivity index (χ2v) is 10.2. The molecule has 1 N–H and O–H groups in total. The van der Waals surface area contributed by atoms with Crippen LogP contribution in [0.4, 0.5) is 5.69 Å². The molecule has 1 aromatic heterocycles. The molecule has 0 spiro atoms. The molecule has 1 saturated heterocycles. The lowest BCUT2D eigenvalue weighted by Crippen LogP contribution is -2.48. The van der Waals surface area contributed by atoms with Crippen LogP contribution in [0.3, 0.4) is 0 Å². The highest BCUT2D eigenvalue weighted by Gasteiger charge is 2.45. The summed E-state index contributed by atoms with van der Waals surface area (Å²) in [6, 6.07) is 14.4. The van der Waals surface area contributed by atoms with Crippen molar-refractivity contribution in [3.63, 3.8) is 0 Å². The van der Waals surface area contributed by atoms with Crippen LogP contribution in [0.5, 0.6) is 0 Å². The number of hydrogen-bond donors (Lipinski definition) is 1. The number of amides is 3. The van der Waals surface area contributed by atoms with Gasteiger partial charge in [0.05, 0.1) is 12.1 Å². The highest BCUT2D eigenvalue weighted by molar-refractivity contribution is 9.10. The molecule has 34 heavy (non-hydrogen) atoms. The van der Waals surface area contributed by atoms with Crippen molar-refractivity contribution in [1.29, 1.82) is 0 Å². The number of halogens is 1. The van der Waals surface area contributed by atoms with Crippen LogP contribution in [0, 0.1) is 5.92 Å². The number of aromatic amines is 1. The molecule has 5 rings (SSSR count). The second-order valence-electron chi connectivity index (χ2n) is 9.24. The van der Waals surface area contributed by atoms with E-state index in [2.05, 4.69) is 27.0 Å². The lowest BCUT2D eigenvalue weighted by atomic mass is 9.87. The Kier molecular flexibility index (Phi) is 6.55. The third-order valence-corrected chi connectivity index (χ3v) is 7.65. The molecule has 2 aliphatic rings. The molecule has 3 amide bonds. The number of hydrogen-bond acceptors (Lipinski definition) is 3. The Morgan fingerprint density at radius 2 is 1.76 bits per heavy atom. The summed E-state index contributed by atoms with van der Waals surface area (Å²) in [4.78, 5) is 46.3. The molecule has 1 unspecified atom stereocenters. The normalized spacial score (nSPS) is 19.2. The van der Waals surface area contributed by atoms with E-state index < -0.39 is 6.04 Å². The molecule has 0 bridgehead atoms. The van der Waals surface area contributed by atoms with Gasteiger partial charge in [-0.2, -0.15) is 0 Å². The van der Waals surface area contributed by atoms with E-state index in [1.165, 1.54) is 4.90 Å². The Morgan fingerprint density at radius 3 is 2.53 bits per heavy atom. The molecule has 7 heteroatoms. The van der Waals surface area contributed by atoms with E-state index in [0.29, 0.717) is 18.7 Å². The number of H-pyrrole nitrogens is 1. The predicted octanol–water partition coefficient (Wildman–Crippen LogP) is 5.21. The molecule has 6 nitrogen and oxygen atoms in total. The van der Waals surface area contributed by atoms with Crippen molar-refractivity contribution < 1.29 is 14.4 Å². The van der Waals surface area contributed by atoms with Crippen molar-refractivity contribution in [3.05, 3.63) is 64.8 Å². The SMILES string of the molecule is O=C1CC(N(CCc2c[nH]c3ccccc23)C(=O)C2CCCCC2)C(=O)N1c1ccc(Br)cc1. The first-order chi connectivity index (χ1) is 16.5. The Balaban J connectivity index is 1.41. The molecule has 1 saturated carbocycles. The zero-order valence-corrected chi connectivity index (χ0v) is 20.6. The maximum atomic E-state index is 13.7. The van der Waals surface area contributed by atoms with Gasteiger partial charge in [0.1, 0.15) is 6.04 Å². The minimum atomic E-state index is -0.754. The standard InChI is InChI=1S/C27H28BrN3O3/c28-20-10-12-21(13-11-20)31-25(32)16-24(27(31)34)30(26(33)18-6-2-1-3-7-18)15-14-19-17-29-23-9-5-4-8-22(19)23/h4-5,8-13,17-18,24,29H,1-3,6-7,14-16H2. The summed E-state index contributed by atoms with van der Waals surface area (Å²) < 4.78 is 0.875. The van der Waals surface area contributed by atoms with Gasteiger partial charge < -0.3 is 9.88 Å². The molecule has 2 fully saturated rings. The topological polar surface area (TPSA) is 73.5 Å². The fourth-order valence-electron chi connectivity index (χ4n) is 5.30. The van der Waals surface area contributed by atoms with Crippen molar-refractivity contribution >= 4 is 50.2 Å². The van der Waals surface area contributed by atoms with Crippen molar-refractivity contribution in [1.82, 2.24) is 9.88 Å². The summed E-state index contributed by atoms with van der Waals surface area (Å²) in [5.41, 5.74) is 2.71. The van der Waals surface area contributed by atoms with Crippen LogP contribution >= 0.6 is 15.9 Å². The summed E-state index contributed by atoms with van der Waals surface area (Å²) in [6.45, 7) is 0.412. The van der Waals surface area contributed by atoms with Gasteiger partial charge in [0, 0.05) is 34.0 Å². The summed E-state index contributed by atoms with van der Waals surface area (Å²) in [5.74, 6) is -0.619. The summed E-state index contributed by atoms with van der Waals surface area (Å²) in [5, 5.41) is 1.12. The van der Waals surface area contributed by atoms with Gasteiger partial charge in [0.15, 0.2) is 0 Å². The van der Waals surface area contributed by atoms with Crippen LogP contribution in [0.15, 0.2) is 59.2 Å². The number of anilines is 1. The van der Waals surface area contributed by atoms with Gasteiger partial charge in [0.2, 0.25) is 11.8 Å². The number of nitrogens with one attached hydrogen (secondary N) is 1. The van der Waals surface area contributed by atoms with Gasteiger partial charge in [-0.15, -0.1) is 0 Å². The largest absolute Gasteiger partial charge is 0.361 e. The average molecular weight is 522 g/mol. The Morgan fingerprint density at radius 1 is 1.03 bits per heavy atom. The van der Waals surface area contributed by atoms with E-state index in [1.807, 2.05) is 36.5 Å². The van der Waals surface area contributed by atoms with Crippen LogP contribution in [-0.4, -0.2) is 40.2 Å². The van der Waals surface area contributed by atoms with Crippen LogP contribution < -0.4 is 4.90 Å². The number of fused-ring (bicyclic) bond motifs is 1. The maximum Gasteiger partial charge on any atom is 0.257 e. The minimum Gasteiger partial charge on any atom is -0.361 e. The van der Waals surface area contributed by atoms with E-state index in [9.17, 15) is 14.4 Å². The van der Waals surface area contributed by atoms with Gasteiger partial charge in [-0.1, -0.05) is 53.4 Å². The molecule has 1 aliphatic heterocycles. The molecule has 0 radical (unpaired) electrons. The van der Waals surface area contributed by atoms with E-state index in [-0.39, 0.29) is 30.1 Å². The van der Waals surface area contributed by atoms with Crippen LogP contribution in [0.1, 0.15) is 44.1 Å². The Labute approximate surface area is 207 Å². The summed E-state index contributed by atoms with van der Waals surface area (Å²) in [7, 11) is 0. The maximum absolute atomic E-state index is 13.7. The summed E-state index contributed by atoms with van der Waals surface area (Å²) in [6.07, 6.45) is 7.56. The molecule has 176 valence electrons. The summed E-state index contributed by atoms with van der Waals surface area (Å²) >= 11 is 3.40. The van der Waals surface area contributed by atoms with Crippen molar-refractivity contribution in [2.75, 3.05) is 11.4 Å². The predicted molar refractivity (Wildman–Crippen MR) is 135 cm³/mol. The third-order valence-electron chi connectivity index (χ3n) is 7.12. The lowest BCUT2D eigenvalue weighted by Gasteiger charge is -2.32. The number of rotatable bonds is 6. The lowest BCUT2D eigenvalue weighted by molar-refractivity contribution is -0.142. The van der Waals surface area contributed by atoms with E-state index in [4.69, 9.17) is 0 Å². The van der Waals surface area contributed by atoms with Crippen molar-refractivity contribution in [2.45, 2.75) is 51.0 Å². The molecule has 3 aromatic rings. The molecule has 2 heterocycles. The monoisotopic (exact) mass is 521 g/mol. The first-order valence-electron chi connectivity index (χ1n) is 12.0. The van der Waals surface area contributed by atoms with Gasteiger partial charge in [0.25, 0.3) is 5.91 Å². The smallest absolute Gasteiger partial charge is 0.257 e. The van der Waals surface area contributed by atoms with Crippen LogP contribution in [-0.2, 0) is 20.8 Å². The number of aromatic nitrogens is 1. The first kappa shape index (κ1) is 22.8. The minimum absolute atomic E-state index is 0.0170. The molecular weight excluding hydrogens is 494 g/mol. The van der Waals surface area contributed by atoms with E-state index in [1.54, 1.807) is 17.0 Å². The molecular formula is C27H28BrN3O3. The highest BCUT2D eigenvalue weighted by Crippen LogP contribution is 2.31. The van der Waals surface area contributed by atoms with E-state index in [0.717, 1.165) is 53.0 Å². The zero-order chi connectivity index (χ0) is 23.7.